The van der Waals surface area contributed by atoms with Crippen molar-refractivity contribution >= 4 is 37.8 Å². The van der Waals surface area contributed by atoms with Crippen molar-refractivity contribution in [3.63, 3.8) is 0 Å². The topological polar surface area (TPSA) is 142 Å². The Bertz CT molecular complexity index is 1580. The summed E-state index contributed by atoms with van der Waals surface area (Å²) in [5.74, 6) is -1.23. The van der Waals surface area contributed by atoms with Crippen molar-refractivity contribution in [1.29, 1.82) is 0 Å². The molecule has 14 heteroatoms. The van der Waals surface area contributed by atoms with Crippen molar-refractivity contribution in [3.05, 3.63) is 89.5 Å². The number of sulfonamides is 2. The quantitative estimate of drug-likeness (QED) is 0.435. The minimum absolute atomic E-state index is 0.173. The van der Waals surface area contributed by atoms with Gasteiger partial charge in [-0.3, -0.25) is 0 Å². The zero-order valence-electron chi connectivity index (χ0n) is 19.6. The Labute approximate surface area is 217 Å². The molecule has 4 rings (SSSR count). The predicted molar refractivity (Wildman–Crippen MR) is 133 cm³/mol. The highest BCUT2D eigenvalue weighted by Gasteiger charge is 2.24. The summed E-state index contributed by atoms with van der Waals surface area (Å²) in [6.45, 7) is 0.396. The fourth-order valence-electron chi connectivity index (χ4n) is 3.81. The van der Waals surface area contributed by atoms with Gasteiger partial charge in [-0.15, -0.1) is 0 Å². The molecule has 1 aliphatic rings. The molecular weight excluding hydrogens is 542 g/mol. The van der Waals surface area contributed by atoms with Crippen LogP contribution in [0.5, 0.6) is 0 Å². The molecule has 0 atom stereocenters. The molecule has 1 aliphatic heterocycles. The Morgan fingerprint density at radius 1 is 0.684 bits per heavy atom. The number of halogens is 2. The largest absolute Gasteiger partial charge is 0.333 e. The number of fused-ring (bicyclic) bond motifs is 1. The van der Waals surface area contributed by atoms with Crippen LogP contribution in [0.25, 0.3) is 0 Å². The van der Waals surface area contributed by atoms with E-state index in [1.54, 1.807) is 18.2 Å². The summed E-state index contributed by atoms with van der Waals surface area (Å²) in [4.78, 5) is 25.8. The van der Waals surface area contributed by atoms with Crippen molar-refractivity contribution < 1.29 is 35.2 Å². The Kier molecular flexibility index (Phi) is 7.64. The summed E-state index contributed by atoms with van der Waals surface area (Å²) in [7, 11) is -8.41. The summed E-state index contributed by atoms with van der Waals surface area (Å²) in [5.41, 5.74) is 1.94. The van der Waals surface area contributed by atoms with E-state index in [0.717, 1.165) is 59.7 Å². The first-order chi connectivity index (χ1) is 17.9. The van der Waals surface area contributed by atoms with E-state index in [1.165, 1.54) is 4.90 Å². The molecule has 0 aliphatic carbocycles. The summed E-state index contributed by atoms with van der Waals surface area (Å²) >= 11 is 0. The van der Waals surface area contributed by atoms with Crippen LogP contribution in [0.2, 0.25) is 0 Å². The summed E-state index contributed by atoms with van der Waals surface area (Å²) in [6, 6.07) is 11.1. The van der Waals surface area contributed by atoms with Crippen molar-refractivity contribution in [3.8, 4) is 0 Å². The first kappa shape index (κ1) is 27.0. The highest BCUT2D eigenvalue weighted by atomic mass is 32.2. The van der Waals surface area contributed by atoms with E-state index >= 15 is 0 Å². The molecule has 0 saturated heterocycles. The molecule has 38 heavy (non-hydrogen) atoms. The van der Waals surface area contributed by atoms with Gasteiger partial charge in [0.2, 0.25) is 0 Å². The Balaban J connectivity index is 1.38. The first-order valence-corrected chi connectivity index (χ1v) is 14.2. The number of nitrogens with one attached hydrogen (secondary N) is 3. The molecule has 0 radical (unpaired) electrons. The molecule has 0 saturated carbocycles. The van der Waals surface area contributed by atoms with Crippen LogP contribution in [0, 0.1) is 11.6 Å². The molecule has 1 heterocycles. The molecule has 3 N–H and O–H groups in total. The molecule has 200 valence electrons. The van der Waals surface area contributed by atoms with Crippen molar-refractivity contribution in [2.24, 2.45) is 0 Å². The zero-order chi connectivity index (χ0) is 27.5. The van der Waals surface area contributed by atoms with Crippen molar-refractivity contribution in [1.82, 2.24) is 14.3 Å². The third kappa shape index (κ3) is 6.44. The van der Waals surface area contributed by atoms with Gasteiger partial charge in [0.25, 0.3) is 20.0 Å². The number of hydrogen-bond acceptors (Lipinski definition) is 6. The van der Waals surface area contributed by atoms with Gasteiger partial charge in [-0.1, -0.05) is 6.07 Å². The number of carbonyl (C=O) groups excluding carboxylic acids is 2. The SMILES string of the molecule is O=C(Nc1ccc2c(c1)CCN(C(=O)NS(=O)(=O)c1ccc(F)cc1)CC2)NS(=O)(=O)c1ccc(F)cc1. The average Bonchev–Trinajstić information content (AvgIpc) is 3.06. The van der Waals surface area contributed by atoms with Gasteiger partial charge < -0.3 is 10.2 Å². The lowest BCUT2D eigenvalue weighted by Crippen LogP contribution is -2.43. The third-order valence-corrected chi connectivity index (χ3v) is 8.43. The lowest BCUT2D eigenvalue weighted by Gasteiger charge is -2.20. The minimum atomic E-state index is -4.22. The number of benzene rings is 3. The number of carbonyl (C=O) groups is 2. The van der Waals surface area contributed by atoms with Crippen molar-refractivity contribution in [2.75, 3.05) is 18.4 Å². The van der Waals surface area contributed by atoms with E-state index in [2.05, 4.69) is 5.32 Å². The van der Waals surface area contributed by atoms with Gasteiger partial charge in [-0.25, -0.2) is 44.6 Å². The number of hydrogen-bond donors (Lipinski definition) is 3. The molecule has 10 nitrogen and oxygen atoms in total. The van der Waals surface area contributed by atoms with Gasteiger partial charge >= 0.3 is 12.1 Å². The molecule has 3 aromatic rings. The van der Waals surface area contributed by atoms with Crippen LogP contribution in [-0.2, 0) is 32.9 Å². The molecule has 0 spiro atoms. The Hall–Kier alpha value is -4.04. The molecule has 4 amide bonds. The van der Waals surface area contributed by atoms with E-state index in [0.29, 0.717) is 18.5 Å². The number of amides is 4. The lowest BCUT2D eigenvalue weighted by molar-refractivity contribution is 0.206. The number of anilines is 1. The maximum absolute atomic E-state index is 13.1. The average molecular weight is 565 g/mol. The second-order valence-corrected chi connectivity index (χ2v) is 11.7. The monoisotopic (exact) mass is 564 g/mol. The Morgan fingerprint density at radius 3 is 1.74 bits per heavy atom. The van der Waals surface area contributed by atoms with E-state index in [9.17, 15) is 35.2 Å². The van der Waals surface area contributed by atoms with Gasteiger partial charge in [0.1, 0.15) is 11.6 Å². The molecule has 0 fully saturated rings. The van der Waals surface area contributed by atoms with Gasteiger partial charge in [0.15, 0.2) is 0 Å². The maximum Gasteiger partial charge on any atom is 0.333 e. The number of rotatable bonds is 5. The second-order valence-electron chi connectivity index (χ2n) is 8.35. The minimum Gasteiger partial charge on any atom is -0.323 e. The van der Waals surface area contributed by atoms with Gasteiger partial charge in [0.05, 0.1) is 9.79 Å². The highest BCUT2D eigenvalue weighted by Crippen LogP contribution is 2.21. The van der Waals surface area contributed by atoms with E-state index in [1.807, 2.05) is 9.44 Å². The third-order valence-electron chi connectivity index (χ3n) is 5.75. The smallest absolute Gasteiger partial charge is 0.323 e. The zero-order valence-corrected chi connectivity index (χ0v) is 21.3. The second kappa shape index (κ2) is 10.8. The predicted octanol–water partition coefficient (Wildman–Crippen LogP) is 2.97. The summed E-state index contributed by atoms with van der Waals surface area (Å²) in [6.07, 6.45) is 0.745. The maximum atomic E-state index is 13.1. The van der Waals surface area contributed by atoms with Crippen LogP contribution >= 0.6 is 0 Å². The fourth-order valence-corrected chi connectivity index (χ4v) is 5.69. The molecular formula is C24H22F2N4O6S2. The van der Waals surface area contributed by atoms with Gasteiger partial charge in [0, 0.05) is 18.8 Å². The number of urea groups is 2. The fraction of sp³-hybridized carbons (Fsp3) is 0.167. The van der Waals surface area contributed by atoms with Gasteiger partial charge in [-0.2, -0.15) is 0 Å². The standard InChI is InChI=1S/C24H22F2N4O6S2/c25-18-2-7-21(8-3-18)37(33,34)28-23(31)27-20-6-1-16-11-13-30(14-12-17(16)15-20)24(32)29-38(35,36)22-9-4-19(26)5-10-22/h1-10,15H,11-14H2,(H,29,32)(H2,27,28,31). The summed E-state index contributed by atoms with van der Waals surface area (Å²) in [5, 5.41) is 2.43. The van der Waals surface area contributed by atoms with E-state index in [-0.39, 0.29) is 22.9 Å². The normalized spacial score (nSPS) is 13.7. The van der Waals surface area contributed by atoms with Crippen LogP contribution in [0.1, 0.15) is 11.1 Å². The highest BCUT2D eigenvalue weighted by molar-refractivity contribution is 7.90. The summed E-state index contributed by atoms with van der Waals surface area (Å²) < 4.78 is 79.6. The lowest BCUT2D eigenvalue weighted by atomic mass is 10.0. The molecule has 0 bridgehead atoms. The Morgan fingerprint density at radius 2 is 1.18 bits per heavy atom. The van der Waals surface area contributed by atoms with Crippen LogP contribution < -0.4 is 14.8 Å². The van der Waals surface area contributed by atoms with Gasteiger partial charge in [-0.05, 0) is 84.6 Å². The van der Waals surface area contributed by atoms with Crippen LogP contribution in [0.15, 0.2) is 76.5 Å². The first-order valence-electron chi connectivity index (χ1n) is 11.2. The molecule has 0 aromatic heterocycles. The van der Waals surface area contributed by atoms with Crippen LogP contribution in [0.3, 0.4) is 0 Å². The molecule has 3 aromatic carbocycles. The number of nitrogens with zero attached hydrogens (tertiary/aromatic N) is 1. The van der Waals surface area contributed by atoms with E-state index < -0.39 is 43.7 Å². The van der Waals surface area contributed by atoms with Crippen LogP contribution in [0.4, 0.5) is 24.1 Å². The molecule has 0 unspecified atom stereocenters. The van der Waals surface area contributed by atoms with Crippen LogP contribution in [-0.4, -0.2) is 46.9 Å². The van der Waals surface area contributed by atoms with E-state index in [4.69, 9.17) is 0 Å². The van der Waals surface area contributed by atoms with Crippen molar-refractivity contribution in [2.45, 2.75) is 22.6 Å².